The lowest BCUT2D eigenvalue weighted by molar-refractivity contribution is 0.0936. The van der Waals surface area contributed by atoms with Gasteiger partial charge >= 0.3 is 0 Å². The summed E-state index contributed by atoms with van der Waals surface area (Å²) in [5, 5.41) is 3.07. The molecule has 0 saturated carbocycles. The van der Waals surface area contributed by atoms with E-state index in [0.717, 1.165) is 5.69 Å². The minimum absolute atomic E-state index is 0.0734. The molecule has 21 heavy (non-hydrogen) atoms. The van der Waals surface area contributed by atoms with Crippen LogP contribution in [-0.2, 0) is 0 Å². The first-order valence-electron chi connectivity index (χ1n) is 7.02. The van der Waals surface area contributed by atoms with Crippen LogP contribution in [0.2, 0.25) is 0 Å². The Bertz CT molecular complexity index is 626. The molecule has 2 aromatic rings. The molecule has 0 bridgehead atoms. The summed E-state index contributed by atoms with van der Waals surface area (Å²) in [6.45, 7) is 5.75. The average Bonchev–Trinajstić information content (AvgIpc) is 2.96. The summed E-state index contributed by atoms with van der Waals surface area (Å²) in [5.41, 5.74) is 1.70. The Kier molecular flexibility index (Phi) is 5.16. The zero-order valence-electron chi connectivity index (χ0n) is 12.2. The molecule has 0 aliphatic carbocycles. The van der Waals surface area contributed by atoms with Crippen LogP contribution in [0, 0.1) is 0 Å². The number of benzene rings is 1. The van der Waals surface area contributed by atoms with Crippen LogP contribution in [0.4, 0.5) is 0 Å². The molecule has 108 valence electrons. The fourth-order valence-electron chi connectivity index (χ4n) is 2.25. The van der Waals surface area contributed by atoms with Gasteiger partial charge in [0.25, 0.3) is 5.91 Å². The van der Waals surface area contributed by atoms with Crippen LogP contribution in [0.3, 0.4) is 0 Å². The topological polar surface area (TPSA) is 34.0 Å². The normalized spacial score (nSPS) is 12.2. The zero-order valence-corrected chi connectivity index (χ0v) is 12.2. The molecule has 3 nitrogen and oxygen atoms in total. The van der Waals surface area contributed by atoms with E-state index < -0.39 is 0 Å². The number of rotatable bonds is 6. The van der Waals surface area contributed by atoms with E-state index >= 15 is 0 Å². The molecule has 3 heteroatoms. The van der Waals surface area contributed by atoms with Gasteiger partial charge in [-0.25, -0.2) is 0 Å². The van der Waals surface area contributed by atoms with Crippen molar-refractivity contribution in [3.63, 3.8) is 0 Å². The molecule has 0 aliphatic heterocycles. The number of carbonyl (C=O) groups is 1. The SMILES string of the molecule is C=CC[C@H](NC(=O)c1ccccc1)c1cccn1/C=C\C. The second-order valence-corrected chi connectivity index (χ2v) is 4.74. The second kappa shape index (κ2) is 7.29. The molecule has 0 aliphatic rings. The molecule has 1 atom stereocenters. The Morgan fingerprint density at radius 1 is 1.29 bits per heavy atom. The summed E-state index contributed by atoms with van der Waals surface area (Å²) >= 11 is 0. The molecule has 1 N–H and O–H groups in total. The van der Waals surface area contributed by atoms with Crippen LogP contribution in [0.5, 0.6) is 0 Å². The van der Waals surface area contributed by atoms with E-state index in [4.69, 9.17) is 0 Å². The molecule has 1 amide bonds. The summed E-state index contributed by atoms with van der Waals surface area (Å²) in [6.07, 6.45) is 8.41. The van der Waals surface area contributed by atoms with Gasteiger partial charge < -0.3 is 9.88 Å². The fraction of sp³-hybridized carbons (Fsp3) is 0.167. The summed E-state index contributed by atoms with van der Waals surface area (Å²) in [4.78, 5) is 12.3. The van der Waals surface area contributed by atoms with E-state index in [1.165, 1.54) is 0 Å². The molecule has 1 aromatic heterocycles. The van der Waals surface area contributed by atoms with E-state index in [1.54, 1.807) is 0 Å². The fourth-order valence-corrected chi connectivity index (χ4v) is 2.25. The Hall–Kier alpha value is -2.55. The minimum atomic E-state index is -0.0959. The number of nitrogens with one attached hydrogen (secondary N) is 1. The van der Waals surface area contributed by atoms with Gasteiger partial charge in [0, 0.05) is 23.7 Å². The highest BCUT2D eigenvalue weighted by atomic mass is 16.1. The van der Waals surface area contributed by atoms with Crippen LogP contribution < -0.4 is 5.32 Å². The van der Waals surface area contributed by atoms with Crippen LogP contribution >= 0.6 is 0 Å². The third-order valence-electron chi connectivity index (χ3n) is 3.22. The molecule has 0 saturated heterocycles. The highest BCUT2D eigenvalue weighted by Gasteiger charge is 2.16. The largest absolute Gasteiger partial charge is 0.343 e. The van der Waals surface area contributed by atoms with Crippen LogP contribution in [-0.4, -0.2) is 10.5 Å². The summed E-state index contributed by atoms with van der Waals surface area (Å²) in [6, 6.07) is 13.1. The molecule has 1 heterocycles. The Morgan fingerprint density at radius 3 is 2.71 bits per heavy atom. The first kappa shape index (κ1) is 14.9. The van der Waals surface area contributed by atoms with Crippen molar-refractivity contribution in [2.45, 2.75) is 19.4 Å². The molecule has 1 aromatic carbocycles. The maximum atomic E-state index is 12.3. The highest BCUT2D eigenvalue weighted by Crippen LogP contribution is 2.19. The Balaban J connectivity index is 2.21. The van der Waals surface area contributed by atoms with Crippen molar-refractivity contribution in [2.24, 2.45) is 0 Å². The molecule has 0 radical (unpaired) electrons. The van der Waals surface area contributed by atoms with Gasteiger partial charge in [0.1, 0.15) is 0 Å². The van der Waals surface area contributed by atoms with Gasteiger partial charge in [0.05, 0.1) is 6.04 Å². The lowest BCUT2D eigenvalue weighted by atomic mass is 10.1. The lowest BCUT2D eigenvalue weighted by Crippen LogP contribution is -2.29. The third kappa shape index (κ3) is 3.72. The number of aromatic nitrogens is 1. The van der Waals surface area contributed by atoms with Gasteiger partial charge in [0.2, 0.25) is 0 Å². The quantitative estimate of drug-likeness (QED) is 0.796. The monoisotopic (exact) mass is 280 g/mol. The first-order chi connectivity index (χ1) is 10.3. The molecule has 2 rings (SSSR count). The number of hydrogen-bond donors (Lipinski definition) is 1. The number of nitrogens with zero attached hydrogens (tertiary/aromatic N) is 1. The van der Waals surface area contributed by atoms with Crippen LogP contribution in [0.1, 0.15) is 35.4 Å². The van der Waals surface area contributed by atoms with Crippen molar-refractivity contribution >= 4 is 12.1 Å². The summed E-state index contributed by atoms with van der Waals surface area (Å²) in [7, 11) is 0. The second-order valence-electron chi connectivity index (χ2n) is 4.74. The smallest absolute Gasteiger partial charge is 0.251 e. The minimum Gasteiger partial charge on any atom is -0.343 e. The lowest BCUT2D eigenvalue weighted by Gasteiger charge is -2.18. The van der Waals surface area contributed by atoms with Crippen LogP contribution in [0.25, 0.3) is 6.20 Å². The van der Waals surface area contributed by atoms with Crippen molar-refractivity contribution < 1.29 is 4.79 Å². The van der Waals surface area contributed by atoms with E-state index in [1.807, 2.05) is 78.5 Å². The molecule has 0 unspecified atom stereocenters. The van der Waals surface area contributed by atoms with E-state index in [2.05, 4.69) is 11.9 Å². The Labute approximate surface area is 125 Å². The van der Waals surface area contributed by atoms with E-state index in [0.29, 0.717) is 12.0 Å². The summed E-state index contributed by atoms with van der Waals surface area (Å²) in [5.74, 6) is -0.0734. The highest BCUT2D eigenvalue weighted by molar-refractivity contribution is 5.94. The van der Waals surface area contributed by atoms with Crippen molar-refractivity contribution in [3.05, 3.63) is 78.6 Å². The van der Waals surface area contributed by atoms with Crippen molar-refractivity contribution in [1.82, 2.24) is 9.88 Å². The van der Waals surface area contributed by atoms with Gasteiger partial charge in [-0.2, -0.15) is 0 Å². The number of allylic oxidation sites excluding steroid dienone is 1. The number of carbonyl (C=O) groups excluding carboxylic acids is 1. The zero-order chi connectivity index (χ0) is 15.1. The molecule has 0 fully saturated rings. The predicted octanol–water partition coefficient (Wildman–Crippen LogP) is 4.03. The maximum absolute atomic E-state index is 12.3. The average molecular weight is 280 g/mol. The van der Waals surface area contributed by atoms with Crippen molar-refractivity contribution in [3.8, 4) is 0 Å². The molecular weight excluding hydrogens is 260 g/mol. The van der Waals surface area contributed by atoms with Gasteiger partial charge in [-0.3, -0.25) is 4.79 Å². The predicted molar refractivity (Wildman–Crippen MR) is 86.9 cm³/mol. The summed E-state index contributed by atoms with van der Waals surface area (Å²) < 4.78 is 2.01. The first-order valence-corrected chi connectivity index (χ1v) is 7.02. The maximum Gasteiger partial charge on any atom is 0.251 e. The number of amides is 1. The van der Waals surface area contributed by atoms with Gasteiger partial charge in [-0.1, -0.05) is 30.4 Å². The standard InChI is InChI=1S/C18H20N2O/c1-3-9-16(17-12-8-14-20(17)13-4-2)19-18(21)15-10-6-5-7-11-15/h3-8,10-14,16H,1,9H2,2H3,(H,19,21)/b13-4-/t16-/m0/s1. The van der Waals surface area contributed by atoms with Crippen LogP contribution in [0.15, 0.2) is 67.4 Å². The van der Waals surface area contributed by atoms with Gasteiger partial charge in [-0.05, 0) is 37.6 Å². The van der Waals surface area contributed by atoms with E-state index in [-0.39, 0.29) is 11.9 Å². The number of hydrogen-bond acceptors (Lipinski definition) is 1. The van der Waals surface area contributed by atoms with Crippen molar-refractivity contribution in [1.29, 1.82) is 0 Å². The van der Waals surface area contributed by atoms with Crippen molar-refractivity contribution in [2.75, 3.05) is 0 Å². The van der Waals surface area contributed by atoms with Gasteiger partial charge in [-0.15, -0.1) is 6.58 Å². The van der Waals surface area contributed by atoms with Gasteiger partial charge in [0.15, 0.2) is 0 Å². The molecular formula is C18H20N2O. The molecule has 0 spiro atoms. The third-order valence-corrected chi connectivity index (χ3v) is 3.22. The van der Waals surface area contributed by atoms with E-state index in [9.17, 15) is 4.79 Å². The Morgan fingerprint density at radius 2 is 2.05 bits per heavy atom.